The van der Waals surface area contributed by atoms with Gasteiger partial charge < -0.3 is 15.2 Å². The molecule has 0 aromatic rings. The van der Waals surface area contributed by atoms with E-state index in [0.717, 1.165) is 25.7 Å². The lowest BCUT2D eigenvalue weighted by atomic mass is 9.85. The van der Waals surface area contributed by atoms with Gasteiger partial charge in [0.25, 0.3) is 0 Å². The van der Waals surface area contributed by atoms with Crippen molar-refractivity contribution < 1.29 is 19.4 Å². The third-order valence-electron chi connectivity index (χ3n) is 4.82. The molecule has 0 aromatic heterocycles. The van der Waals surface area contributed by atoms with Crippen LogP contribution < -0.4 is 5.32 Å². The van der Waals surface area contributed by atoms with E-state index in [0.29, 0.717) is 19.1 Å². The molecule has 5 heteroatoms. The van der Waals surface area contributed by atoms with Gasteiger partial charge in [-0.1, -0.05) is 33.6 Å². The Morgan fingerprint density at radius 1 is 1.24 bits per heavy atom. The summed E-state index contributed by atoms with van der Waals surface area (Å²) < 4.78 is 5.27. The number of carboxylic acids is 1. The van der Waals surface area contributed by atoms with Crippen molar-refractivity contribution in [2.75, 3.05) is 19.8 Å². The number of nitrogens with one attached hydrogen (secondary N) is 1. The molecule has 2 unspecified atom stereocenters. The second-order valence-corrected chi connectivity index (χ2v) is 6.00. The van der Waals surface area contributed by atoms with Gasteiger partial charge in [-0.05, 0) is 24.7 Å². The number of carbonyl (C=O) groups is 2. The van der Waals surface area contributed by atoms with Crippen molar-refractivity contribution in [3.8, 4) is 0 Å². The molecule has 0 radical (unpaired) electrons. The van der Waals surface area contributed by atoms with E-state index in [2.05, 4.69) is 19.2 Å². The number of rotatable bonds is 8. The van der Waals surface area contributed by atoms with E-state index in [4.69, 9.17) is 4.74 Å². The number of amides is 1. The lowest BCUT2D eigenvalue weighted by Crippen LogP contribution is -2.41. The molecule has 1 aliphatic rings. The summed E-state index contributed by atoms with van der Waals surface area (Å²) in [5.41, 5.74) is 0. The maximum absolute atomic E-state index is 12.2. The Labute approximate surface area is 127 Å². The van der Waals surface area contributed by atoms with Gasteiger partial charge in [-0.25, -0.2) is 0 Å². The van der Waals surface area contributed by atoms with E-state index in [1.165, 1.54) is 0 Å². The molecule has 1 rings (SSSR count). The number of carbonyl (C=O) groups excluding carboxylic acids is 1. The van der Waals surface area contributed by atoms with Crippen LogP contribution in [0, 0.1) is 23.7 Å². The van der Waals surface area contributed by atoms with E-state index in [-0.39, 0.29) is 24.3 Å². The van der Waals surface area contributed by atoms with Crippen LogP contribution in [0.1, 0.15) is 46.5 Å². The first-order valence-corrected chi connectivity index (χ1v) is 8.09. The fraction of sp³-hybridized carbons (Fsp3) is 0.875. The molecule has 0 saturated carbocycles. The third-order valence-corrected chi connectivity index (χ3v) is 4.82. The van der Waals surface area contributed by atoms with Gasteiger partial charge in [-0.15, -0.1) is 0 Å². The highest BCUT2D eigenvalue weighted by Crippen LogP contribution is 2.24. The first-order chi connectivity index (χ1) is 10.0. The van der Waals surface area contributed by atoms with Crippen molar-refractivity contribution in [2.45, 2.75) is 46.5 Å². The minimum Gasteiger partial charge on any atom is -0.481 e. The Kier molecular flexibility index (Phi) is 7.72. The SMILES string of the molecule is CCC(CC)C(C)C(=O)NCC(C(=O)O)C1CCOCC1. The van der Waals surface area contributed by atoms with Crippen LogP contribution in [0.5, 0.6) is 0 Å². The molecular weight excluding hydrogens is 270 g/mol. The highest BCUT2D eigenvalue weighted by Gasteiger charge is 2.31. The Balaban J connectivity index is 2.52. The van der Waals surface area contributed by atoms with Crippen molar-refractivity contribution >= 4 is 11.9 Å². The van der Waals surface area contributed by atoms with Gasteiger partial charge in [0.15, 0.2) is 0 Å². The Hall–Kier alpha value is -1.10. The van der Waals surface area contributed by atoms with Crippen LogP contribution in [0.4, 0.5) is 0 Å². The van der Waals surface area contributed by atoms with Crippen molar-refractivity contribution in [1.29, 1.82) is 0 Å². The number of carboxylic acid groups (broad SMARTS) is 1. The summed E-state index contributed by atoms with van der Waals surface area (Å²) in [6.45, 7) is 7.56. The normalized spacial score (nSPS) is 19.2. The van der Waals surface area contributed by atoms with E-state index in [1.54, 1.807) is 0 Å². The first-order valence-electron chi connectivity index (χ1n) is 8.09. The Morgan fingerprint density at radius 3 is 2.29 bits per heavy atom. The van der Waals surface area contributed by atoms with Gasteiger partial charge in [-0.3, -0.25) is 9.59 Å². The number of hydrogen-bond donors (Lipinski definition) is 2. The molecule has 122 valence electrons. The average Bonchev–Trinajstić information content (AvgIpc) is 2.49. The molecule has 1 aliphatic heterocycles. The number of ether oxygens (including phenoxy) is 1. The molecule has 2 N–H and O–H groups in total. The maximum atomic E-state index is 12.2. The lowest BCUT2D eigenvalue weighted by Gasteiger charge is -2.28. The van der Waals surface area contributed by atoms with Crippen LogP contribution in [0.15, 0.2) is 0 Å². The second kappa shape index (κ2) is 9.03. The highest BCUT2D eigenvalue weighted by molar-refractivity contribution is 5.79. The highest BCUT2D eigenvalue weighted by atomic mass is 16.5. The molecule has 0 spiro atoms. The number of aliphatic carboxylic acids is 1. The molecule has 2 atom stereocenters. The minimum absolute atomic E-state index is 0.0259. The van der Waals surface area contributed by atoms with Crippen molar-refractivity contribution in [2.24, 2.45) is 23.7 Å². The molecule has 1 heterocycles. The quantitative estimate of drug-likeness (QED) is 0.721. The van der Waals surface area contributed by atoms with E-state index in [9.17, 15) is 14.7 Å². The van der Waals surface area contributed by atoms with Gasteiger partial charge in [0.1, 0.15) is 0 Å². The first kappa shape index (κ1) is 18.0. The summed E-state index contributed by atoms with van der Waals surface area (Å²) in [6.07, 6.45) is 3.45. The maximum Gasteiger partial charge on any atom is 0.308 e. The second-order valence-electron chi connectivity index (χ2n) is 6.00. The Bertz CT molecular complexity index is 335. The van der Waals surface area contributed by atoms with Crippen molar-refractivity contribution in [3.63, 3.8) is 0 Å². The van der Waals surface area contributed by atoms with Crippen LogP contribution in [0.2, 0.25) is 0 Å². The zero-order valence-corrected chi connectivity index (χ0v) is 13.4. The average molecular weight is 299 g/mol. The van der Waals surface area contributed by atoms with Gasteiger partial charge in [0.2, 0.25) is 5.91 Å². The molecule has 1 saturated heterocycles. The topological polar surface area (TPSA) is 75.6 Å². The summed E-state index contributed by atoms with van der Waals surface area (Å²) in [5.74, 6) is -0.966. The van der Waals surface area contributed by atoms with Gasteiger partial charge in [-0.2, -0.15) is 0 Å². The molecular formula is C16H29NO4. The monoisotopic (exact) mass is 299 g/mol. The Morgan fingerprint density at radius 2 is 1.81 bits per heavy atom. The third kappa shape index (κ3) is 5.30. The standard InChI is InChI=1S/C16H29NO4/c1-4-12(5-2)11(3)15(18)17-10-14(16(19)20)13-6-8-21-9-7-13/h11-14H,4-10H2,1-3H3,(H,17,18)(H,19,20). The van der Waals surface area contributed by atoms with E-state index in [1.807, 2.05) is 6.92 Å². The van der Waals surface area contributed by atoms with E-state index >= 15 is 0 Å². The van der Waals surface area contributed by atoms with Crippen LogP contribution in [0.25, 0.3) is 0 Å². The molecule has 0 bridgehead atoms. The lowest BCUT2D eigenvalue weighted by molar-refractivity contribution is -0.145. The van der Waals surface area contributed by atoms with Crippen molar-refractivity contribution in [1.82, 2.24) is 5.32 Å². The predicted molar refractivity (Wildman–Crippen MR) is 80.9 cm³/mol. The summed E-state index contributed by atoms with van der Waals surface area (Å²) in [6, 6.07) is 0. The molecule has 0 aromatic carbocycles. The van der Waals surface area contributed by atoms with Crippen molar-refractivity contribution in [3.05, 3.63) is 0 Å². The zero-order chi connectivity index (χ0) is 15.8. The molecule has 1 amide bonds. The molecule has 5 nitrogen and oxygen atoms in total. The van der Waals surface area contributed by atoms with Crippen LogP contribution >= 0.6 is 0 Å². The summed E-state index contributed by atoms with van der Waals surface area (Å²) in [5, 5.41) is 12.2. The van der Waals surface area contributed by atoms with Gasteiger partial charge in [0, 0.05) is 25.7 Å². The van der Waals surface area contributed by atoms with Crippen LogP contribution in [-0.2, 0) is 14.3 Å². The van der Waals surface area contributed by atoms with Crippen LogP contribution in [0.3, 0.4) is 0 Å². The largest absolute Gasteiger partial charge is 0.481 e. The smallest absolute Gasteiger partial charge is 0.308 e. The molecule has 1 fully saturated rings. The van der Waals surface area contributed by atoms with Gasteiger partial charge >= 0.3 is 5.97 Å². The van der Waals surface area contributed by atoms with Crippen LogP contribution in [-0.4, -0.2) is 36.7 Å². The zero-order valence-electron chi connectivity index (χ0n) is 13.4. The van der Waals surface area contributed by atoms with E-state index < -0.39 is 11.9 Å². The van der Waals surface area contributed by atoms with Gasteiger partial charge in [0.05, 0.1) is 5.92 Å². The minimum atomic E-state index is -0.822. The molecule has 21 heavy (non-hydrogen) atoms. The fourth-order valence-electron chi connectivity index (χ4n) is 3.16. The number of hydrogen-bond acceptors (Lipinski definition) is 3. The fourth-order valence-corrected chi connectivity index (χ4v) is 3.16. The predicted octanol–water partition coefficient (Wildman–Crippen LogP) is 2.30. The molecule has 0 aliphatic carbocycles. The summed E-state index contributed by atoms with van der Waals surface area (Å²) in [7, 11) is 0. The summed E-state index contributed by atoms with van der Waals surface area (Å²) in [4.78, 5) is 23.6. The summed E-state index contributed by atoms with van der Waals surface area (Å²) >= 11 is 0.